The van der Waals surface area contributed by atoms with Crippen LogP contribution in [0, 0.1) is 6.92 Å². The number of rotatable bonds is 13. The molecule has 1 N–H and O–H groups in total. The van der Waals surface area contributed by atoms with Crippen molar-refractivity contribution in [2.75, 3.05) is 17.4 Å². The van der Waals surface area contributed by atoms with E-state index in [1.165, 1.54) is 17.0 Å². The second-order valence-electron chi connectivity index (χ2n) is 10.3. The molecule has 1 unspecified atom stereocenters. The Kier molecular flexibility index (Phi) is 11.1. The van der Waals surface area contributed by atoms with Crippen LogP contribution >= 0.6 is 15.9 Å². The average Bonchev–Trinajstić information content (AvgIpc) is 3.01. The molecule has 4 rings (SSSR count). The minimum Gasteiger partial charge on any atom is -0.354 e. The number of hydrogen-bond acceptors (Lipinski definition) is 4. The van der Waals surface area contributed by atoms with Gasteiger partial charge in [-0.1, -0.05) is 107 Å². The lowest BCUT2D eigenvalue weighted by molar-refractivity contribution is -0.140. The van der Waals surface area contributed by atoms with Crippen molar-refractivity contribution >= 4 is 43.5 Å². The van der Waals surface area contributed by atoms with E-state index in [1.54, 1.807) is 36.4 Å². The summed E-state index contributed by atoms with van der Waals surface area (Å²) in [4.78, 5) is 29.6. The Hall–Kier alpha value is -3.95. The molecular formula is C34H36BrN3O4S. The largest absolute Gasteiger partial charge is 0.354 e. The number of aryl methyl sites for hydroxylation is 1. The van der Waals surface area contributed by atoms with E-state index in [2.05, 4.69) is 21.2 Å². The Morgan fingerprint density at radius 2 is 1.47 bits per heavy atom. The first kappa shape index (κ1) is 32.0. The zero-order valence-electron chi connectivity index (χ0n) is 24.3. The van der Waals surface area contributed by atoms with Crippen molar-refractivity contribution in [2.24, 2.45) is 0 Å². The van der Waals surface area contributed by atoms with E-state index in [1.807, 2.05) is 74.5 Å². The first-order valence-electron chi connectivity index (χ1n) is 14.2. The van der Waals surface area contributed by atoms with Crippen LogP contribution < -0.4 is 9.62 Å². The highest BCUT2D eigenvalue weighted by molar-refractivity contribution is 9.10. The van der Waals surface area contributed by atoms with Gasteiger partial charge in [0.1, 0.15) is 12.6 Å². The fraction of sp³-hybridized carbons (Fsp3) is 0.235. The molecule has 0 saturated heterocycles. The van der Waals surface area contributed by atoms with Crippen LogP contribution in [0.2, 0.25) is 0 Å². The van der Waals surface area contributed by atoms with Crippen molar-refractivity contribution < 1.29 is 18.0 Å². The quantitative estimate of drug-likeness (QED) is 0.187. The van der Waals surface area contributed by atoms with Gasteiger partial charge in [0.25, 0.3) is 10.0 Å². The highest BCUT2D eigenvalue weighted by atomic mass is 79.9. The maximum atomic E-state index is 14.4. The van der Waals surface area contributed by atoms with Gasteiger partial charge in [-0.3, -0.25) is 13.9 Å². The normalized spacial score (nSPS) is 11.9. The highest BCUT2D eigenvalue weighted by Gasteiger charge is 2.34. The number of hydrogen-bond donors (Lipinski definition) is 1. The Morgan fingerprint density at radius 3 is 2.07 bits per heavy atom. The van der Waals surface area contributed by atoms with Crippen molar-refractivity contribution in [3.8, 4) is 0 Å². The fourth-order valence-corrected chi connectivity index (χ4v) is 6.49. The van der Waals surface area contributed by atoms with Gasteiger partial charge in [-0.15, -0.1) is 0 Å². The Balaban J connectivity index is 1.78. The fourth-order valence-electron chi connectivity index (χ4n) is 4.70. The summed E-state index contributed by atoms with van der Waals surface area (Å²) in [7, 11) is -4.14. The Labute approximate surface area is 262 Å². The van der Waals surface area contributed by atoms with Crippen LogP contribution in [-0.2, 0) is 32.6 Å². The van der Waals surface area contributed by atoms with Crippen molar-refractivity contribution in [2.45, 2.75) is 44.2 Å². The zero-order chi connectivity index (χ0) is 30.8. The number of nitrogens with zero attached hydrogens (tertiary/aromatic N) is 2. The second-order valence-corrected chi connectivity index (χ2v) is 13.1. The number of benzene rings is 4. The van der Waals surface area contributed by atoms with Gasteiger partial charge in [0.05, 0.1) is 10.6 Å². The first-order valence-corrected chi connectivity index (χ1v) is 16.4. The molecule has 2 amide bonds. The molecule has 1 atom stereocenters. The molecular weight excluding hydrogens is 626 g/mol. The van der Waals surface area contributed by atoms with E-state index in [0.29, 0.717) is 16.7 Å². The molecule has 0 fully saturated rings. The monoisotopic (exact) mass is 661 g/mol. The van der Waals surface area contributed by atoms with E-state index in [4.69, 9.17) is 0 Å². The summed E-state index contributed by atoms with van der Waals surface area (Å²) in [6.45, 7) is 3.94. The molecule has 0 spiro atoms. The molecule has 0 aliphatic carbocycles. The van der Waals surface area contributed by atoms with Gasteiger partial charge in [0.15, 0.2) is 0 Å². The van der Waals surface area contributed by atoms with Gasteiger partial charge >= 0.3 is 0 Å². The molecule has 224 valence electrons. The summed E-state index contributed by atoms with van der Waals surface area (Å²) in [5, 5.41) is 2.96. The molecule has 0 bridgehead atoms. The van der Waals surface area contributed by atoms with E-state index in [0.717, 1.165) is 27.4 Å². The van der Waals surface area contributed by atoms with Crippen LogP contribution in [-0.4, -0.2) is 44.3 Å². The number of halogens is 1. The molecule has 0 heterocycles. The highest BCUT2D eigenvalue weighted by Crippen LogP contribution is 2.27. The molecule has 7 nitrogen and oxygen atoms in total. The number of amides is 2. The van der Waals surface area contributed by atoms with Crippen molar-refractivity contribution in [3.63, 3.8) is 0 Å². The van der Waals surface area contributed by atoms with Gasteiger partial charge in [-0.05, 0) is 54.8 Å². The summed E-state index contributed by atoms with van der Waals surface area (Å²) >= 11 is 3.44. The van der Waals surface area contributed by atoms with Crippen LogP contribution in [0.3, 0.4) is 0 Å². The Bertz CT molecular complexity index is 1610. The third-order valence-corrected chi connectivity index (χ3v) is 9.28. The van der Waals surface area contributed by atoms with Gasteiger partial charge in [0, 0.05) is 24.0 Å². The minimum atomic E-state index is -4.14. The minimum absolute atomic E-state index is 0.0713. The summed E-state index contributed by atoms with van der Waals surface area (Å²) in [6.07, 6.45) is 1.01. The third kappa shape index (κ3) is 8.55. The van der Waals surface area contributed by atoms with E-state index < -0.39 is 28.5 Å². The molecule has 9 heteroatoms. The number of carbonyl (C=O) groups is 2. The van der Waals surface area contributed by atoms with Crippen LogP contribution in [0.25, 0.3) is 0 Å². The van der Waals surface area contributed by atoms with Crippen LogP contribution in [0.15, 0.2) is 119 Å². The van der Waals surface area contributed by atoms with Crippen molar-refractivity contribution in [3.05, 3.63) is 130 Å². The number of carbonyl (C=O) groups excluding carboxylic acids is 2. The maximum absolute atomic E-state index is 14.4. The molecule has 43 heavy (non-hydrogen) atoms. The molecule has 0 aromatic heterocycles. The van der Waals surface area contributed by atoms with E-state index >= 15 is 0 Å². The lowest BCUT2D eigenvalue weighted by Gasteiger charge is -2.34. The lowest BCUT2D eigenvalue weighted by Crippen LogP contribution is -2.53. The lowest BCUT2D eigenvalue weighted by atomic mass is 10.0. The first-order chi connectivity index (χ1) is 20.7. The molecule has 0 radical (unpaired) electrons. The molecule has 0 aliphatic heterocycles. The van der Waals surface area contributed by atoms with E-state index in [9.17, 15) is 18.0 Å². The van der Waals surface area contributed by atoms with Gasteiger partial charge in [-0.2, -0.15) is 0 Å². The van der Waals surface area contributed by atoms with Crippen LogP contribution in [0.1, 0.15) is 30.0 Å². The van der Waals surface area contributed by atoms with Gasteiger partial charge < -0.3 is 10.2 Å². The summed E-state index contributed by atoms with van der Waals surface area (Å²) < 4.78 is 29.9. The SMILES string of the molecule is CCCNC(=O)C(Cc1ccccc1)N(Cc1ccccc1)C(=O)CN(c1cccc(Br)c1)S(=O)(=O)c1ccc(C)cc1. The number of sulfonamides is 1. The average molecular weight is 663 g/mol. The molecule has 4 aromatic rings. The van der Waals surface area contributed by atoms with Gasteiger partial charge in [0.2, 0.25) is 11.8 Å². The summed E-state index contributed by atoms with van der Waals surface area (Å²) in [5.74, 6) is -0.780. The van der Waals surface area contributed by atoms with Crippen LogP contribution in [0.4, 0.5) is 5.69 Å². The third-order valence-electron chi connectivity index (χ3n) is 7.00. The molecule has 0 saturated carbocycles. The topological polar surface area (TPSA) is 86.8 Å². The van der Waals surface area contributed by atoms with Gasteiger partial charge in [-0.25, -0.2) is 8.42 Å². The predicted molar refractivity (Wildman–Crippen MR) is 174 cm³/mol. The number of anilines is 1. The summed E-state index contributed by atoms with van der Waals surface area (Å²) in [5.41, 5.74) is 2.96. The van der Waals surface area contributed by atoms with Crippen molar-refractivity contribution in [1.82, 2.24) is 10.2 Å². The maximum Gasteiger partial charge on any atom is 0.264 e. The smallest absolute Gasteiger partial charge is 0.264 e. The van der Waals surface area contributed by atoms with E-state index in [-0.39, 0.29) is 23.8 Å². The van der Waals surface area contributed by atoms with Crippen LogP contribution in [0.5, 0.6) is 0 Å². The zero-order valence-corrected chi connectivity index (χ0v) is 26.7. The standard InChI is InChI=1S/C34H36BrN3O4S/c1-3-21-36-34(40)32(22-27-11-6-4-7-12-27)37(24-28-13-8-5-9-14-28)33(39)25-38(30-16-10-15-29(35)23-30)43(41,42)31-19-17-26(2)18-20-31/h4-20,23,32H,3,21-22,24-25H2,1-2H3,(H,36,40). The summed E-state index contributed by atoms with van der Waals surface area (Å²) in [6, 6.07) is 31.4. The molecule has 4 aromatic carbocycles. The van der Waals surface area contributed by atoms with Crippen molar-refractivity contribution in [1.29, 1.82) is 0 Å². The Morgan fingerprint density at radius 1 is 0.837 bits per heavy atom. The number of nitrogens with one attached hydrogen (secondary N) is 1. The second kappa shape index (κ2) is 15.0. The predicted octanol–water partition coefficient (Wildman–Crippen LogP) is 6.12. The molecule has 0 aliphatic rings.